The van der Waals surface area contributed by atoms with Crippen LogP contribution in [0.3, 0.4) is 0 Å². The highest BCUT2D eigenvalue weighted by atomic mass is 35.5. The molecule has 0 bridgehead atoms. The van der Waals surface area contributed by atoms with Crippen molar-refractivity contribution in [3.63, 3.8) is 0 Å². The summed E-state index contributed by atoms with van der Waals surface area (Å²) in [5.74, 6) is -0.0189. The van der Waals surface area contributed by atoms with E-state index in [0.29, 0.717) is 53.9 Å². The molecule has 2 aromatic rings. The number of rotatable bonds is 15. The van der Waals surface area contributed by atoms with Gasteiger partial charge in [0.05, 0.1) is 30.7 Å². The van der Waals surface area contributed by atoms with Crippen LogP contribution in [0.4, 0.5) is 16.2 Å². The van der Waals surface area contributed by atoms with Gasteiger partial charge in [-0.3, -0.25) is 4.79 Å². The first-order valence-corrected chi connectivity index (χ1v) is 16.4. The largest absolute Gasteiger partial charge is 0.394 e. The van der Waals surface area contributed by atoms with E-state index in [0.717, 1.165) is 23.5 Å². The predicted octanol–water partition coefficient (Wildman–Crippen LogP) is 1.73. The quantitative estimate of drug-likeness (QED) is 0.138. The first kappa shape index (κ1) is 34.6. The maximum absolute atomic E-state index is 13.8. The Kier molecular flexibility index (Phi) is 11.3. The molecule has 2 saturated carbocycles. The van der Waals surface area contributed by atoms with Crippen LogP contribution >= 0.6 is 23.2 Å². The van der Waals surface area contributed by atoms with Gasteiger partial charge in [0.25, 0.3) is 5.91 Å². The van der Waals surface area contributed by atoms with Crippen LogP contribution in [0.2, 0.25) is 10.0 Å². The lowest BCUT2D eigenvalue weighted by Crippen LogP contribution is -2.50. The molecule has 5 rings (SSSR count). The third-order valence-corrected chi connectivity index (χ3v) is 9.50. The number of para-hydroxylation sites is 2. The number of aliphatic hydroxyl groups excluding tert-OH is 5. The number of benzene rings is 2. The summed E-state index contributed by atoms with van der Waals surface area (Å²) in [5, 5.41) is 53.6. The van der Waals surface area contributed by atoms with E-state index in [9.17, 15) is 30.0 Å². The number of hydrogen-bond donors (Lipinski definition) is 7. The van der Waals surface area contributed by atoms with E-state index in [2.05, 4.69) is 21.6 Å². The van der Waals surface area contributed by atoms with Crippen LogP contribution in [0.1, 0.15) is 43.2 Å². The van der Waals surface area contributed by atoms with Crippen molar-refractivity contribution < 1.29 is 39.9 Å². The summed E-state index contributed by atoms with van der Waals surface area (Å²) in [7, 11) is 0. The van der Waals surface area contributed by atoms with Crippen molar-refractivity contribution in [1.29, 1.82) is 0 Å². The van der Waals surface area contributed by atoms with E-state index in [-0.39, 0.29) is 25.6 Å². The van der Waals surface area contributed by atoms with Crippen LogP contribution in [0, 0.1) is 0 Å². The third-order valence-electron chi connectivity index (χ3n) is 8.80. The van der Waals surface area contributed by atoms with Crippen LogP contribution in [0.5, 0.6) is 0 Å². The first-order chi connectivity index (χ1) is 22.0. The van der Waals surface area contributed by atoms with Gasteiger partial charge in [-0.2, -0.15) is 0 Å². The molecule has 0 radical (unpaired) electrons. The Morgan fingerprint density at radius 1 is 0.935 bits per heavy atom. The average Bonchev–Trinajstić information content (AvgIpc) is 4.00. The van der Waals surface area contributed by atoms with E-state index >= 15 is 0 Å². The number of aliphatic hydroxyl groups is 5. The van der Waals surface area contributed by atoms with Crippen molar-refractivity contribution >= 4 is 46.5 Å². The fourth-order valence-electron chi connectivity index (χ4n) is 5.71. The molecule has 0 aromatic heterocycles. The molecule has 4 atom stereocenters. The Hall–Kier alpha value is -2.68. The summed E-state index contributed by atoms with van der Waals surface area (Å²) in [6.45, 7) is 0.679. The van der Waals surface area contributed by atoms with Gasteiger partial charge in [-0.1, -0.05) is 35.3 Å². The maximum atomic E-state index is 13.8. The molecule has 1 aliphatic heterocycles. The zero-order chi connectivity index (χ0) is 33.0. The normalized spacial score (nSPS) is 19.5. The van der Waals surface area contributed by atoms with Gasteiger partial charge in [0.2, 0.25) is 0 Å². The second-order valence-corrected chi connectivity index (χ2v) is 13.0. The summed E-state index contributed by atoms with van der Waals surface area (Å²) in [6, 6.07) is 11.6. The number of nitrogens with zero attached hydrogens (tertiary/aromatic N) is 2. The number of hydrogen-bond acceptors (Lipinski definition) is 9. The van der Waals surface area contributed by atoms with Crippen molar-refractivity contribution in [3.8, 4) is 0 Å². The summed E-state index contributed by atoms with van der Waals surface area (Å²) in [5.41, 5.74) is 2.64. The van der Waals surface area contributed by atoms with Crippen molar-refractivity contribution in [3.05, 3.63) is 57.6 Å². The summed E-state index contributed by atoms with van der Waals surface area (Å²) < 4.78 is 6.26. The number of amides is 3. The second-order valence-electron chi connectivity index (χ2n) is 12.2. The first-order valence-electron chi connectivity index (χ1n) is 15.7. The number of carbonyl (C=O) groups excluding carboxylic acids is 2. The van der Waals surface area contributed by atoms with E-state index in [1.807, 2.05) is 23.1 Å². The lowest BCUT2D eigenvalue weighted by Gasteiger charge is -2.39. The molecule has 0 saturated heterocycles. The highest BCUT2D eigenvalue weighted by Gasteiger charge is 2.54. The molecule has 252 valence electrons. The topological polar surface area (TPSA) is 175 Å². The number of nitrogens with one attached hydrogen (secondary N) is 2. The standard InChI is InChI=1S/C32H42Cl2N4O8/c33-22-15-20(23(34)14-19(22)4-3-11-35-31(45)36-16-26(40)28(42)29(43)27(41)17-39)18-46-32(9-10-32)30(44)38-13-12-37(21-7-8-21)24-5-1-2-6-25(24)38/h1-2,5-6,14-15,21,26-29,39-43H,3-4,7-13,16-18H2,(H2,35,36,45)/t26-,27+,28+,29+/m0/s1. The maximum Gasteiger partial charge on any atom is 0.314 e. The van der Waals surface area contributed by atoms with E-state index in [1.165, 1.54) is 12.8 Å². The van der Waals surface area contributed by atoms with Gasteiger partial charge in [-0.05, 0) is 73.9 Å². The minimum absolute atomic E-state index is 0.0189. The number of ether oxygens (including phenoxy) is 1. The van der Waals surface area contributed by atoms with Gasteiger partial charge >= 0.3 is 6.03 Å². The summed E-state index contributed by atoms with van der Waals surface area (Å²) in [4.78, 5) is 30.1. The molecule has 14 heteroatoms. The van der Waals surface area contributed by atoms with E-state index in [4.69, 9.17) is 33.0 Å². The van der Waals surface area contributed by atoms with Crippen molar-refractivity contribution in [2.45, 2.75) is 81.2 Å². The number of halogens is 2. The average molecular weight is 682 g/mol. The zero-order valence-electron chi connectivity index (χ0n) is 25.4. The fourth-order valence-corrected chi connectivity index (χ4v) is 6.23. The Morgan fingerprint density at radius 3 is 2.26 bits per heavy atom. The number of anilines is 2. The van der Waals surface area contributed by atoms with Gasteiger partial charge in [0.1, 0.15) is 23.9 Å². The Morgan fingerprint density at radius 2 is 1.59 bits per heavy atom. The molecule has 2 aromatic carbocycles. The SMILES string of the molecule is O=C(NCCCc1cc(Cl)c(COC2(C(=O)N3CCN(C4CC4)c4ccccc43)CC2)cc1Cl)NC[C@H](O)[C@@H](O)[C@H](O)[C@H](O)CO. The van der Waals surface area contributed by atoms with Crippen LogP contribution < -0.4 is 20.4 Å². The van der Waals surface area contributed by atoms with Gasteiger partial charge < -0.3 is 50.7 Å². The Balaban J connectivity index is 1.08. The Labute approximate surface area is 277 Å². The highest BCUT2D eigenvalue weighted by Crippen LogP contribution is 2.46. The number of fused-ring (bicyclic) bond motifs is 1. The lowest BCUT2D eigenvalue weighted by atomic mass is 10.0. The molecule has 0 unspecified atom stereocenters. The molecule has 7 N–H and O–H groups in total. The molecule has 0 spiro atoms. The predicted molar refractivity (Wildman–Crippen MR) is 173 cm³/mol. The zero-order valence-corrected chi connectivity index (χ0v) is 27.0. The van der Waals surface area contributed by atoms with Gasteiger partial charge in [0.15, 0.2) is 0 Å². The van der Waals surface area contributed by atoms with Crippen LogP contribution in [-0.4, -0.2) is 106 Å². The summed E-state index contributed by atoms with van der Waals surface area (Å²) in [6.07, 6.45) is -1.99. The number of carbonyl (C=O) groups is 2. The van der Waals surface area contributed by atoms with Gasteiger partial charge in [-0.15, -0.1) is 0 Å². The molecule has 1 heterocycles. The molecule has 2 fully saturated rings. The molecule has 3 aliphatic rings. The monoisotopic (exact) mass is 680 g/mol. The minimum atomic E-state index is -1.77. The smallest absolute Gasteiger partial charge is 0.314 e. The van der Waals surface area contributed by atoms with Crippen molar-refractivity contribution in [2.75, 3.05) is 42.6 Å². The van der Waals surface area contributed by atoms with Crippen molar-refractivity contribution in [2.24, 2.45) is 0 Å². The number of urea groups is 1. The minimum Gasteiger partial charge on any atom is -0.394 e. The highest BCUT2D eigenvalue weighted by molar-refractivity contribution is 6.34. The third kappa shape index (κ3) is 8.06. The van der Waals surface area contributed by atoms with E-state index in [1.54, 1.807) is 12.1 Å². The van der Waals surface area contributed by atoms with Crippen LogP contribution in [0.15, 0.2) is 36.4 Å². The van der Waals surface area contributed by atoms with Crippen molar-refractivity contribution in [1.82, 2.24) is 10.6 Å². The lowest BCUT2D eigenvalue weighted by molar-refractivity contribution is -0.133. The molecule has 3 amide bonds. The Bertz CT molecular complexity index is 1390. The van der Waals surface area contributed by atoms with E-state index < -0.39 is 42.7 Å². The number of aryl methyl sites for hydroxylation is 1. The van der Waals surface area contributed by atoms with Crippen LogP contribution in [-0.2, 0) is 22.6 Å². The molecular formula is C32H42Cl2N4O8. The molecule has 46 heavy (non-hydrogen) atoms. The fraction of sp³-hybridized carbons (Fsp3) is 0.562. The molecule has 12 nitrogen and oxygen atoms in total. The second kappa shape index (κ2) is 15.0. The summed E-state index contributed by atoms with van der Waals surface area (Å²) >= 11 is 13.2. The van der Waals surface area contributed by atoms with Gasteiger partial charge in [-0.25, -0.2) is 4.79 Å². The van der Waals surface area contributed by atoms with Gasteiger partial charge in [0, 0.05) is 42.3 Å². The van der Waals surface area contributed by atoms with Crippen LogP contribution in [0.25, 0.3) is 0 Å². The molecule has 2 aliphatic carbocycles. The molecular weight excluding hydrogens is 639 g/mol.